The Kier molecular flexibility index (Phi) is 3.85. The topological polar surface area (TPSA) is 113 Å². The van der Waals surface area contributed by atoms with Gasteiger partial charge >= 0.3 is 12.0 Å². The molecule has 0 aromatic rings. The van der Waals surface area contributed by atoms with Crippen LogP contribution >= 0.6 is 0 Å². The van der Waals surface area contributed by atoms with Crippen molar-refractivity contribution in [2.24, 2.45) is 11.1 Å². The van der Waals surface area contributed by atoms with E-state index in [9.17, 15) is 14.4 Å². The van der Waals surface area contributed by atoms with Gasteiger partial charge in [-0.05, 0) is 13.3 Å². The largest absolute Gasteiger partial charge is 0.480 e. The first kappa shape index (κ1) is 14.6. The molecule has 2 unspecified atom stereocenters. The highest BCUT2D eigenvalue weighted by molar-refractivity contribution is 5.85. The second kappa shape index (κ2) is 5.28. The first-order valence-electron chi connectivity index (χ1n) is 6.51. The van der Waals surface area contributed by atoms with E-state index in [0.29, 0.717) is 19.6 Å². The smallest absolute Gasteiger partial charge is 0.328 e. The van der Waals surface area contributed by atoms with Crippen LogP contribution in [0.4, 0.5) is 4.79 Å². The number of carbonyl (C=O) groups excluding carboxylic acids is 2. The third-order valence-corrected chi connectivity index (χ3v) is 4.00. The lowest BCUT2D eigenvalue weighted by atomic mass is 9.89. The number of carbonyl (C=O) groups is 3. The number of morpholine rings is 1. The number of hydrogen-bond donors (Lipinski definition) is 2. The van der Waals surface area contributed by atoms with E-state index in [1.807, 2.05) is 0 Å². The number of hydrogen-bond acceptors (Lipinski definition) is 4. The lowest BCUT2D eigenvalue weighted by Gasteiger charge is -2.35. The van der Waals surface area contributed by atoms with Gasteiger partial charge < -0.3 is 25.4 Å². The van der Waals surface area contributed by atoms with E-state index >= 15 is 0 Å². The Bertz CT molecular complexity index is 441. The van der Waals surface area contributed by atoms with Crippen LogP contribution < -0.4 is 5.73 Å². The van der Waals surface area contributed by atoms with Crippen LogP contribution in [0.15, 0.2) is 0 Å². The minimum absolute atomic E-state index is 0.0119. The number of nitrogens with two attached hydrogens (primary N) is 1. The summed E-state index contributed by atoms with van der Waals surface area (Å²) in [6.45, 7) is 2.89. The molecule has 2 atom stereocenters. The van der Waals surface area contributed by atoms with Crippen LogP contribution in [0, 0.1) is 5.41 Å². The van der Waals surface area contributed by atoms with Crippen molar-refractivity contribution >= 4 is 17.9 Å². The second-order valence-corrected chi connectivity index (χ2v) is 5.50. The van der Waals surface area contributed by atoms with Crippen LogP contribution in [0.3, 0.4) is 0 Å². The zero-order chi connectivity index (χ0) is 14.9. The van der Waals surface area contributed by atoms with Crippen molar-refractivity contribution in [3.8, 4) is 0 Å². The van der Waals surface area contributed by atoms with Crippen LogP contribution in [-0.2, 0) is 14.3 Å². The van der Waals surface area contributed by atoms with Crippen LogP contribution in [0.25, 0.3) is 0 Å². The van der Waals surface area contributed by atoms with Gasteiger partial charge in [-0.1, -0.05) is 0 Å². The van der Waals surface area contributed by atoms with E-state index in [1.165, 1.54) is 9.80 Å². The molecule has 2 rings (SSSR count). The van der Waals surface area contributed by atoms with Gasteiger partial charge in [-0.2, -0.15) is 0 Å². The molecule has 0 radical (unpaired) electrons. The van der Waals surface area contributed by atoms with E-state index in [2.05, 4.69) is 0 Å². The number of primary amides is 1. The number of carboxylic acid groups (broad SMARTS) is 1. The van der Waals surface area contributed by atoms with Crippen molar-refractivity contribution in [3.05, 3.63) is 0 Å². The molecule has 2 saturated heterocycles. The molecule has 2 aliphatic rings. The predicted octanol–water partition coefficient (Wildman–Crippen LogP) is -0.911. The molecule has 8 heteroatoms. The minimum Gasteiger partial charge on any atom is -0.480 e. The Morgan fingerprint density at radius 1 is 1.35 bits per heavy atom. The maximum atomic E-state index is 12.4. The highest BCUT2D eigenvalue weighted by Crippen LogP contribution is 2.30. The van der Waals surface area contributed by atoms with Gasteiger partial charge in [-0.3, -0.25) is 4.79 Å². The Labute approximate surface area is 116 Å². The van der Waals surface area contributed by atoms with Gasteiger partial charge in [0, 0.05) is 19.6 Å². The predicted molar refractivity (Wildman–Crippen MR) is 67.8 cm³/mol. The molecule has 0 aliphatic carbocycles. The fourth-order valence-corrected chi connectivity index (χ4v) is 2.54. The second-order valence-electron chi connectivity index (χ2n) is 5.50. The molecule has 112 valence electrons. The number of ether oxygens (including phenoxy) is 1. The Hall–Kier alpha value is -1.83. The number of nitrogens with zero attached hydrogens (tertiary/aromatic N) is 2. The summed E-state index contributed by atoms with van der Waals surface area (Å²) in [5.41, 5.74) is 4.61. The fraction of sp³-hybridized carbons (Fsp3) is 0.750. The maximum absolute atomic E-state index is 12.4. The number of aliphatic carboxylic acids is 1. The van der Waals surface area contributed by atoms with Gasteiger partial charge in [0.15, 0.2) is 6.04 Å². The Morgan fingerprint density at radius 2 is 2.05 bits per heavy atom. The van der Waals surface area contributed by atoms with Gasteiger partial charge in [-0.25, -0.2) is 9.59 Å². The summed E-state index contributed by atoms with van der Waals surface area (Å²) < 4.78 is 5.10. The number of rotatable bonds is 2. The first-order valence-corrected chi connectivity index (χ1v) is 6.51. The van der Waals surface area contributed by atoms with E-state index in [-0.39, 0.29) is 25.7 Å². The van der Waals surface area contributed by atoms with Gasteiger partial charge in [-0.15, -0.1) is 0 Å². The highest BCUT2D eigenvalue weighted by atomic mass is 16.5. The third kappa shape index (κ3) is 2.55. The van der Waals surface area contributed by atoms with Crippen LogP contribution in [0.1, 0.15) is 13.3 Å². The summed E-state index contributed by atoms with van der Waals surface area (Å²) in [6, 6.07) is -1.35. The van der Waals surface area contributed by atoms with Crippen molar-refractivity contribution in [1.82, 2.24) is 9.80 Å². The van der Waals surface area contributed by atoms with Crippen molar-refractivity contribution in [1.29, 1.82) is 0 Å². The highest BCUT2D eigenvalue weighted by Gasteiger charge is 2.43. The molecule has 2 fully saturated rings. The lowest BCUT2D eigenvalue weighted by molar-refractivity contribution is -0.147. The number of carboxylic acids is 1. The summed E-state index contributed by atoms with van der Waals surface area (Å²) in [5.74, 6) is -1.53. The average Bonchev–Trinajstić information content (AvgIpc) is 2.82. The van der Waals surface area contributed by atoms with E-state index in [1.54, 1.807) is 6.92 Å². The summed E-state index contributed by atoms with van der Waals surface area (Å²) >= 11 is 0. The van der Waals surface area contributed by atoms with Gasteiger partial charge in [0.2, 0.25) is 5.91 Å². The normalized spacial score (nSPS) is 30.4. The molecule has 20 heavy (non-hydrogen) atoms. The fourth-order valence-electron chi connectivity index (χ4n) is 2.54. The molecule has 8 nitrogen and oxygen atoms in total. The monoisotopic (exact) mass is 285 g/mol. The molecule has 3 amide bonds. The van der Waals surface area contributed by atoms with Crippen LogP contribution in [-0.4, -0.2) is 71.7 Å². The van der Waals surface area contributed by atoms with Crippen LogP contribution in [0.5, 0.6) is 0 Å². The third-order valence-electron chi connectivity index (χ3n) is 4.00. The summed E-state index contributed by atoms with van der Waals surface area (Å²) in [4.78, 5) is 37.7. The zero-order valence-corrected chi connectivity index (χ0v) is 11.4. The Balaban J connectivity index is 2.08. The molecule has 2 aliphatic heterocycles. The summed E-state index contributed by atoms with van der Waals surface area (Å²) in [5, 5.41) is 9.12. The Morgan fingerprint density at radius 3 is 2.60 bits per heavy atom. The lowest BCUT2D eigenvalue weighted by Crippen LogP contribution is -2.56. The standard InChI is InChI=1S/C12H19N3O5/c1-12(10(13)18)2-3-14(7-12)11(19)15-4-5-20-6-8(15)9(16)17/h8H,2-7H2,1H3,(H2,13,18)(H,16,17). The molecular weight excluding hydrogens is 266 g/mol. The van der Waals surface area contributed by atoms with E-state index in [4.69, 9.17) is 15.6 Å². The van der Waals surface area contributed by atoms with Gasteiger partial charge in [0.25, 0.3) is 0 Å². The SMILES string of the molecule is CC1(C(N)=O)CCN(C(=O)N2CCOCC2C(=O)O)C1. The average molecular weight is 285 g/mol. The molecular formula is C12H19N3O5. The van der Waals surface area contributed by atoms with Crippen molar-refractivity contribution in [2.45, 2.75) is 19.4 Å². The first-order chi connectivity index (χ1) is 9.35. The summed E-state index contributed by atoms with van der Waals surface area (Å²) in [7, 11) is 0. The molecule has 2 heterocycles. The van der Waals surface area contributed by atoms with Crippen molar-refractivity contribution < 1.29 is 24.2 Å². The quantitative estimate of drug-likeness (QED) is 0.682. The number of urea groups is 1. The van der Waals surface area contributed by atoms with Crippen molar-refractivity contribution in [2.75, 3.05) is 32.8 Å². The molecule has 0 aromatic heterocycles. The van der Waals surface area contributed by atoms with Crippen LogP contribution in [0.2, 0.25) is 0 Å². The number of amides is 3. The summed E-state index contributed by atoms with van der Waals surface area (Å²) in [6.07, 6.45) is 0.496. The van der Waals surface area contributed by atoms with Crippen molar-refractivity contribution in [3.63, 3.8) is 0 Å². The molecule has 0 saturated carbocycles. The van der Waals surface area contributed by atoms with E-state index < -0.39 is 23.3 Å². The minimum atomic E-state index is -1.09. The molecule has 0 spiro atoms. The number of likely N-dealkylation sites (tertiary alicyclic amines) is 1. The maximum Gasteiger partial charge on any atom is 0.328 e. The van der Waals surface area contributed by atoms with E-state index in [0.717, 1.165) is 0 Å². The molecule has 0 bridgehead atoms. The molecule has 0 aromatic carbocycles. The van der Waals surface area contributed by atoms with Gasteiger partial charge in [0.1, 0.15) is 0 Å². The van der Waals surface area contributed by atoms with Gasteiger partial charge in [0.05, 0.1) is 18.6 Å². The molecule has 3 N–H and O–H groups in total. The zero-order valence-electron chi connectivity index (χ0n) is 11.4.